The van der Waals surface area contributed by atoms with Gasteiger partial charge in [-0.1, -0.05) is 58.9 Å². The van der Waals surface area contributed by atoms with E-state index in [0.717, 1.165) is 17.6 Å². The summed E-state index contributed by atoms with van der Waals surface area (Å²) >= 11 is -3.00. The Morgan fingerprint density at radius 1 is 0.518 bits per heavy atom. The van der Waals surface area contributed by atoms with E-state index in [1.807, 2.05) is 23.9 Å². The van der Waals surface area contributed by atoms with Crippen molar-refractivity contribution in [3.05, 3.63) is 90.0 Å². The standard InChI is InChI=1S/C12H20N.C9H14N.C9H22N.C6H11N2.2C2F6N.BF3.F6P.FH.4O2S/c1-3-4-5-6-9-13-10-7-12(2)8-11-13;1-2-3-7-10-8-5-4-6-9-10;1-5-6-7-8-9-10(2,3)4;1-3-8-5-4-7(2)6-8;2*3-1(4,5)9-2(6,7)8;2-1(3)4;1-7(2,3,4,5)6;;4*1-3-2/h7-8,10-11H,3-6,9H2,1-2H3;4-6,8-9H,2-3,7H2,1H3;5-9H2,1-4H3;4-6H,3H2,1-2H3;;;;;1H;;;;/q4*+1;2*-1;;-1;;;;;/p-1. The molecule has 0 bridgehead atoms. The van der Waals surface area contributed by atoms with Crippen LogP contribution in [0.4, 0.5) is 90.8 Å². The van der Waals surface area contributed by atoms with E-state index in [0.29, 0.717) is 10.6 Å². The van der Waals surface area contributed by atoms with E-state index in [4.69, 9.17) is 33.7 Å². The Morgan fingerprint density at radius 3 is 1.04 bits per heavy atom. The number of aromatic nitrogens is 4. The van der Waals surface area contributed by atoms with Crippen molar-refractivity contribution in [2.75, 3.05) is 27.7 Å². The number of rotatable bonds is 14. The van der Waals surface area contributed by atoms with Gasteiger partial charge in [-0.15, -0.1) is 0 Å². The summed E-state index contributed by atoms with van der Waals surface area (Å²) in [7, 11) is -5.54. The molecular formula is C40H67BF22N7O8PS4. The molecule has 496 valence electrons. The van der Waals surface area contributed by atoms with E-state index >= 15 is 0 Å². The summed E-state index contributed by atoms with van der Waals surface area (Å²) in [6.07, 6.45) is 6.06. The largest absolute Gasteiger partial charge is 1.00 e. The second-order valence-electron chi connectivity index (χ2n) is 15.7. The van der Waals surface area contributed by atoms with Gasteiger partial charge >= 0.3 is 112 Å². The van der Waals surface area contributed by atoms with Gasteiger partial charge in [0.15, 0.2) is 24.8 Å². The smallest absolute Gasteiger partial charge is 0.335 e. The maximum Gasteiger partial charge on any atom is 0.335 e. The van der Waals surface area contributed by atoms with Gasteiger partial charge in [0.25, 0.3) is 0 Å². The number of nitrogens with zero attached hydrogens (tertiary/aromatic N) is 7. The van der Waals surface area contributed by atoms with E-state index in [1.165, 1.54) is 82.9 Å². The Kier molecular flexibility index (Phi) is 67.3. The second kappa shape index (κ2) is 55.5. The number of imidazole rings is 1. The molecule has 0 amide bonds. The third kappa shape index (κ3) is 154. The molecule has 0 saturated carbocycles. The minimum Gasteiger partial charge on any atom is -1.00 e. The molecule has 0 aromatic carbocycles. The first-order valence-electron chi connectivity index (χ1n) is 22.5. The van der Waals surface area contributed by atoms with Gasteiger partial charge in [0.05, 0.1) is 41.3 Å². The van der Waals surface area contributed by atoms with Gasteiger partial charge in [-0.3, -0.25) is 12.9 Å². The molecule has 0 saturated heterocycles. The molecule has 3 aromatic heterocycles. The first kappa shape index (κ1) is 101. The molecule has 0 atom stereocenters. The molecule has 0 aliphatic heterocycles. The number of halogens is 22. The fourth-order valence-corrected chi connectivity index (χ4v) is 4.32. The molecule has 0 fully saturated rings. The van der Waals surface area contributed by atoms with Crippen molar-refractivity contribution in [3.8, 4) is 0 Å². The summed E-state index contributed by atoms with van der Waals surface area (Å²) < 4.78 is 292. The first-order chi connectivity index (χ1) is 36.9. The molecule has 0 spiro atoms. The molecule has 0 unspecified atom stereocenters. The quantitative estimate of drug-likeness (QED) is 0.0291. The van der Waals surface area contributed by atoms with Crippen molar-refractivity contribution < 1.29 is 147 Å². The number of alkyl halides is 12. The average Bonchev–Trinajstić information content (AvgIpc) is 3.70. The van der Waals surface area contributed by atoms with Crippen molar-refractivity contribution in [1.29, 1.82) is 0 Å². The van der Waals surface area contributed by atoms with Crippen molar-refractivity contribution >= 4 is 61.6 Å². The van der Waals surface area contributed by atoms with Crippen LogP contribution in [-0.4, -0.2) is 103 Å². The maximum absolute atomic E-state index is 10.7. The Bertz CT molecular complexity index is 1970. The zero-order valence-corrected chi connectivity index (χ0v) is 49.9. The number of hydrogen-bond donors (Lipinski definition) is 0. The fraction of sp³-hybridized carbons (Fsp3) is 0.675. The summed E-state index contributed by atoms with van der Waals surface area (Å²) in [5.74, 6) is 0. The molecule has 3 aromatic rings. The average molecular weight is 1360 g/mol. The van der Waals surface area contributed by atoms with Crippen molar-refractivity contribution in [2.24, 2.45) is 7.05 Å². The van der Waals surface area contributed by atoms with Crippen LogP contribution in [-0.2, 0) is 73.0 Å². The number of pyridine rings is 2. The third-order valence-electron chi connectivity index (χ3n) is 7.25. The van der Waals surface area contributed by atoms with Crippen LogP contribution < -0.4 is 18.4 Å². The molecular weight excluding hydrogens is 1290 g/mol. The fourth-order valence-electron chi connectivity index (χ4n) is 4.32. The molecule has 15 nitrogen and oxygen atoms in total. The minimum absolute atomic E-state index is 0. The van der Waals surface area contributed by atoms with Gasteiger partial charge in [0, 0.05) is 37.1 Å². The summed E-state index contributed by atoms with van der Waals surface area (Å²) in [6.45, 7) is 15.7. The zero-order chi connectivity index (χ0) is 67.0. The van der Waals surface area contributed by atoms with Crippen LogP contribution in [0.3, 0.4) is 0 Å². The number of aryl methyl sites for hydroxylation is 5. The molecule has 0 aliphatic carbocycles. The Balaban J connectivity index is -0.0000000900. The van der Waals surface area contributed by atoms with Gasteiger partial charge in [-0.2, -0.15) is 86.4 Å². The second-order valence-corrected chi connectivity index (χ2v) is 18.2. The molecule has 83 heavy (non-hydrogen) atoms. The van der Waals surface area contributed by atoms with E-state index in [-0.39, 0.29) is 4.70 Å². The predicted octanol–water partition coefficient (Wildman–Crippen LogP) is 10.6. The van der Waals surface area contributed by atoms with Crippen molar-refractivity contribution in [1.82, 2.24) is 4.57 Å². The molecule has 3 heterocycles. The van der Waals surface area contributed by atoms with E-state index < -0.39 is 86.8 Å². The van der Waals surface area contributed by atoms with Crippen molar-refractivity contribution in [3.63, 3.8) is 0 Å². The van der Waals surface area contributed by atoms with Crippen molar-refractivity contribution in [2.45, 2.75) is 144 Å². The summed E-state index contributed by atoms with van der Waals surface area (Å²) in [6, 6.07) is 10.5. The number of unbranched alkanes of at least 4 members (excludes halogenated alkanes) is 7. The Morgan fingerprint density at radius 2 is 0.807 bits per heavy atom. The van der Waals surface area contributed by atoms with Gasteiger partial charge in [-0.25, -0.2) is 18.3 Å². The van der Waals surface area contributed by atoms with Gasteiger partial charge in [-0.05, 0) is 38.7 Å². The SMILES string of the molecule is CCCCCC[N+](C)(C)C.CCCCCC[n+]1ccc(C)cc1.CCCC[n+]1ccccc1.CCn1cc[n+](C)c1.FB(F)F.FC(F)(F)[N-]C(F)(F)F.FC(F)(F)[N-]C(F)(F)F.F[P-](F)(F)(F)(F)F.O=S=O.O=S=O.O=S=O.O=S=O.[F-]. The number of quaternary nitrogens is 1. The Hall–Kier alpha value is -4.38. The van der Waals surface area contributed by atoms with E-state index in [1.54, 1.807) is 0 Å². The monoisotopic (exact) mass is 1360 g/mol. The molecule has 43 heteroatoms. The molecule has 0 aliphatic rings. The van der Waals surface area contributed by atoms with Crippen LogP contribution in [0.2, 0.25) is 0 Å². The predicted molar refractivity (Wildman–Crippen MR) is 265 cm³/mol. The molecule has 0 N–H and O–H groups in total. The normalized spacial score (nSPS) is 11.1. The van der Waals surface area contributed by atoms with Gasteiger partial charge in [0.2, 0.25) is 6.33 Å². The third-order valence-corrected chi connectivity index (χ3v) is 7.25. The van der Waals surface area contributed by atoms with Gasteiger partial charge in [0.1, 0.15) is 25.5 Å². The van der Waals surface area contributed by atoms with Crippen LogP contribution in [0.5, 0.6) is 0 Å². The molecule has 3 rings (SSSR count). The van der Waals surface area contributed by atoms with E-state index in [2.05, 4.69) is 131 Å². The van der Waals surface area contributed by atoms with Crippen LogP contribution >= 0.6 is 7.81 Å². The summed E-state index contributed by atoms with van der Waals surface area (Å²) in [4.78, 5) is 0. The van der Waals surface area contributed by atoms with Crippen LogP contribution in [0.15, 0.2) is 73.8 Å². The van der Waals surface area contributed by atoms with Crippen LogP contribution in [0.1, 0.15) is 97.5 Å². The topological polar surface area (TPSA) is 181 Å². The molecule has 0 radical (unpaired) electrons. The number of hydrogen-bond acceptors (Lipinski definition) is 8. The maximum atomic E-state index is 10.7. The summed E-state index contributed by atoms with van der Waals surface area (Å²) in [5, 5.41) is 1.08. The first-order valence-corrected chi connectivity index (χ1v) is 27.2. The van der Waals surface area contributed by atoms with Crippen LogP contribution in [0.25, 0.3) is 10.6 Å². The van der Waals surface area contributed by atoms with Crippen LogP contribution in [0, 0.1) is 6.92 Å². The Labute approximate surface area is 480 Å². The van der Waals surface area contributed by atoms with Gasteiger partial charge < -0.3 is 19.8 Å². The summed E-state index contributed by atoms with van der Waals surface area (Å²) in [5.41, 5.74) is 1.34. The zero-order valence-electron chi connectivity index (χ0n) is 45.7. The minimum atomic E-state index is -10.7. The van der Waals surface area contributed by atoms with E-state index in [9.17, 15) is 90.8 Å².